The van der Waals surface area contributed by atoms with E-state index in [1.165, 1.54) is 32.1 Å². The number of hydrogen-bond acceptors (Lipinski definition) is 3. The lowest BCUT2D eigenvalue weighted by molar-refractivity contribution is 0.287. The Hall–Kier alpha value is -1.09. The van der Waals surface area contributed by atoms with Crippen LogP contribution in [0.2, 0.25) is 0 Å². The van der Waals surface area contributed by atoms with Crippen LogP contribution in [0.4, 0.5) is 0 Å². The second-order valence-electron chi connectivity index (χ2n) is 5.29. The van der Waals surface area contributed by atoms with Gasteiger partial charge >= 0.3 is 0 Å². The van der Waals surface area contributed by atoms with Crippen molar-refractivity contribution in [2.75, 3.05) is 13.2 Å². The minimum atomic E-state index is 0.285. The van der Waals surface area contributed by atoms with Gasteiger partial charge in [0.25, 0.3) is 0 Å². The van der Waals surface area contributed by atoms with Gasteiger partial charge in [-0.2, -0.15) is 0 Å². The molecule has 0 radical (unpaired) electrons. The third-order valence-electron chi connectivity index (χ3n) is 3.51. The predicted octanol–water partition coefficient (Wildman–Crippen LogP) is 4.49. The molecule has 0 fully saturated rings. The molecule has 0 amide bonds. The third kappa shape index (κ3) is 6.38. The molecular weight excluding hydrogens is 248 g/mol. The fourth-order valence-electron chi connectivity index (χ4n) is 2.32. The van der Waals surface area contributed by atoms with Crippen molar-refractivity contribution in [2.45, 2.75) is 65.3 Å². The summed E-state index contributed by atoms with van der Waals surface area (Å²) in [5.74, 6) is 0.787. The second kappa shape index (κ2) is 10.7. The fraction of sp³-hybridized carbons (Fsp3) is 0.706. The van der Waals surface area contributed by atoms with Gasteiger partial charge in [-0.15, -0.1) is 0 Å². The number of hydrogen-bond donors (Lipinski definition) is 1. The first-order valence-electron chi connectivity index (χ1n) is 8.10. The maximum Gasteiger partial charge on any atom is 0.218 e. The fourth-order valence-corrected chi connectivity index (χ4v) is 2.32. The zero-order valence-corrected chi connectivity index (χ0v) is 13.3. The monoisotopic (exact) mass is 278 g/mol. The van der Waals surface area contributed by atoms with Crippen LogP contribution < -0.4 is 10.1 Å². The lowest BCUT2D eigenvalue weighted by Gasteiger charge is -2.16. The van der Waals surface area contributed by atoms with Gasteiger partial charge in [-0.05, 0) is 26.0 Å². The topological polar surface area (TPSA) is 34.1 Å². The normalized spacial score (nSPS) is 12.3. The minimum Gasteiger partial charge on any atom is -0.477 e. The van der Waals surface area contributed by atoms with Gasteiger partial charge in [0.05, 0.1) is 6.61 Å². The van der Waals surface area contributed by atoms with E-state index in [1.807, 2.05) is 6.07 Å². The zero-order valence-electron chi connectivity index (χ0n) is 13.3. The first-order valence-corrected chi connectivity index (χ1v) is 8.10. The van der Waals surface area contributed by atoms with Crippen LogP contribution in [-0.4, -0.2) is 18.1 Å². The molecule has 20 heavy (non-hydrogen) atoms. The van der Waals surface area contributed by atoms with E-state index in [4.69, 9.17) is 4.74 Å². The van der Waals surface area contributed by atoms with Gasteiger partial charge in [0.1, 0.15) is 0 Å². The zero-order chi connectivity index (χ0) is 14.6. The molecule has 1 aromatic heterocycles. The van der Waals surface area contributed by atoms with Crippen molar-refractivity contribution in [2.24, 2.45) is 0 Å². The summed E-state index contributed by atoms with van der Waals surface area (Å²) in [6.45, 7) is 8.24. The Labute approximate surface area is 124 Å². The molecule has 1 N–H and O–H groups in total. The molecule has 1 atom stereocenters. The van der Waals surface area contributed by atoms with Gasteiger partial charge in [0, 0.05) is 17.8 Å². The van der Waals surface area contributed by atoms with Crippen LogP contribution in [0, 0.1) is 0 Å². The van der Waals surface area contributed by atoms with Crippen LogP contribution in [-0.2, 0) is 0 Å². The van der Waals surface area contributed by atoms with Crippen LogP contribution >= 0.6 is 0 Å². The maximum atomic E-state index is 5.86. The van der Waals surface area contributed by atoms with E-state index >= 15 is 0 Å². The molecule has 0 bridgehead atoms. The molecule has 3 heteroatoms. The summed E-state index contributed by atoms with van der Waals surface area (Å²) in [5, 5.41) is 3.41. The molecule has 1 aromatic rings. The van der Waals surface area contributed by atoms with E-state index < -0.39 is 0 Å². The van der Waals surface area contributed by atoms with Gasteiger partial charge < -0.3 is 10.1 Å². The highest BCUT2D eigenvalue weighted by Gasteiger charge is 2.11. The molecule has 0 spiro atoms. The van der Waals surface area contributed by atoms with E-state index in [1.54, 1.807) is 6.20 Å². The van der Waals surface area contributed by atoms with Gasteiger partial charge in [0.15, 0.2) is 0 Å². The van der Waals surface area contributed by atoms with Crippen LogP contribution in [0.5, 0.6) is 5.88 Å². The van der Waals surface area contributed by atoms with Crippen LogP contribution in [0.3, 0.4) is 0 Å². The molecule has 1 unspecified atom stereocenters. The Morgan fingerprint density at radius 2 is 1.90 bits per heavy atom. The Bertz CT molecular complexity index is 355. The first-order chi connectivity index (χ1) is 9.79. The van der Waals surface area contributed by atoms with E-state index in [0.717, 1.165) is 31.0 Å². The summed E-state index contributed by atoms with van der Waals surface area (Å²) in [6.07, 6.45) is 9.50. The SMILES string of the molecule is CCCCCCCCOc1ncccc1C(C)NCC. The summed E-state index contributed by atoms with van der Waals surface area (Å²) in [7, 11) is 0. The molecule has 0 aromatic carbocycles. The average Bonchev–Trinajstić information content (AvgIpc) is 2.47. The highest BCUT2D eigenvalue weighted by atomic mass is 16.5. The summed E-state index contributed by atoms with van der Waals surface area (Å²) in [5.41, 5.74) is 1.15. The number of unbranched alkanes of at least 4 members (excludes halogenated alkanes) is 5. The number of pyridine rings is 1. The predicted molar refractivity (Wildman–Crippen MR) is 85.2 cm³/mol. The quantitative estimate of drug-likeness (QED) is 0.605. The summed E-state index contributed by atoms with van der Waals surface area (Å²) >= 11 is 0. The largest absolute Gasteiger partial charge is 0.477 e. The van der Waals surface area contributed by atoms with Crippen LogP contribution in [0.15, 0.2) is 18.3 Å². The lowest BCUT2D eigenvalue weighted by atomic mass is 10.1. The van der Waals surface area contributed by atoms with Crippen molar-refractivity contribution in [3.05, 3.63) is 23.9 Å². The van der Waals surface area contributed by atoms with Gasteiger partial charge in [-0.1, -0.05) is 52.0 Å². The molecule has 114 valence electrons. The molecule has 3 nitrogen and oxygen atoms in total. The van der Waals surface area contributed by atoms with Crippen molar-refractivity contribution in [3.63, 3.8) is 0 Å². The molecule has 0 aliphatic rings. The molecular formula is C17H30N2O. The highest BCUT2D eigenvalue weighted by molar-refractivity contribution is 5.28. The highest BCUT2D eigenvalue weighted by Crippen LogP contribution is 2.22. The average molecular weight is 278 g/mol. The maximum absolute atomic E-state index is 5.86. The van der Waals surface area contributed by atoms with Crippen molar-refractivity contribution in [1.82, 2.24) is 10.3 Å². The van der Waals surface area contributed by atoms with Crippen molar-refractivity contribution in [1.29, 1.82) is 0 Å². The Morgan fingerprint density at radius 3 is 2.65 bits per heavy atom. The van der Waals surface area contributed by atoms with Gasteiger partial charge in [-0.25, -0.2) is 4.98 Å². The minimum absolute atomic E-state index is 0.285. The molecule has 0 saturated heterocycles. The van der Waals surface area contributed by atoms with Crippen molar-refractivity contribution >= 4 is 0 Å². The van der Waals surface area contributed by atoms with Gasteiger partial charge in [0.2, 0.25) is 5.88 Å². The number of rotatable bonds is 11. The molecule has 1 heterocycles. The van der Waals surface area contributed by atoms with E-state index in [-0.39, 0.29) is 6.04 Å². The Balaban J connectivity index is 2.32. The standard InChI is InChI=1S/C17H30N2O/c1-4-6-7-8-9-10-14-20-17-16(12-11-13-19-17)15(3)18-5-2/h11-13,15,18H,4-10,14H2,1-3H3. The molecule has 1 rings (SSSR count). The lowest BCUT2D eigenvalue weighted by Crippen LogP contribution is -2.19. The van der Waals surface area contributed by atoms with Crippen molar-refractivity contribution in [3.8, 4) is 5.88 Å². The molecule has 0 aliphatic heterocycles. The van der Waals surface area contributed by atoms with E-state index in [9.17, 15) is 0 Å². The third-order valence-corrected chi connectivity index (χ3v) is 3.51. The van der Waals surface area contributed by atoms with E-state index in [2.05, 4.69) is 37.1 Å². The van der Waals surface area contributed by atoms with Crippen molar-refractivity contribution < 1.29 is 4.74 Å². The number of nitrogens with zero attached hydrogens (tertiary/aromatic N) is 1. The molecule has 0 saturated carbocycles. The first kappa shape index (κ1) is 17.0. The Morgan fingerprint density at radius 1 is 1.15 bits per heavy atom. The smallest absolute Gasteiger partial charge is 0.218 e. The summed E-state index contributed by atoms with van der Waals surface area (Å²) in [4.78, 5) is 4.37. The molecule has 0 aliphatic carbocycles. The number of ether oxygens (including phenoxy) is 1. The number of aromatic nitrogens is 1. The van der Waals surface area contributed by atoms with E-state index in [0.29, 0.717) is 0 Å². The second-order valence-corrected chi connectivity index (χ2v) is 5.29. The van der Waals surface area contributed by atoms with Crippen LogP contribution in [0.1, 0.15) is 70.9 Å². The summed E-state index contributed by atoms with van der Waals surface area (Å²) < 4.78 is 5.86. The van der Waals surface area contributed by atoms with Gasteiger partial charge in [-0.3, -0.25) is 0 Å². The van der Waals surface area contributed by atoms with Crippen LogP contribution in [0.25, 0.3) is 0 Å². The Kier molecular flexibility index (Phi) is 9.05. The number of nitrogens with one attached hydrogen (secondary N) is 1. The summed E-state index contributed by atoms with van der Waals surface area (Å²) in [6, 6.07) is 4.35.